The molecule has 20 heavy (non-hydrogen) atoms. The fraction of sp³-hybridized carbons (Fsp3) is 0.833. The Morgan fingerprint density at radius 3 is 1.05 bits per heavy atom. The summed E-state index contributed by atoms with van der Waals surface area (Å²) in [4.78, 5) is 8.70. The van der Waals surface area contributed by atoms with E-state index in [9.17, 15) is 39.5 Å². The topological polar surface area (TPSA) is 109 Å². The fourth-order valence-corrected chi connectivity index (χ4v) is 0. The summed E-state index contributed by atoms with van der Waals surface area (Å²) in [5.41, 5.74) is 0. The van der Waals surface area contributed by atoms with E-state index in [1.807, 2.05) is 0 Å². The van der Waals surface area contributed by atoms with Gasteiger partial charge >= 0.3 is 18.5 Å². The smallest absolute Gasteiger partial charge is 0.412 e. The molecule has 0 aliphatic carbocycles. The molecule has 0 fully saturated rings. The molecule has 5 nitrogen and oxygen atoms in total. The van der Waals surface area contributed by atoms with E-state index >= 15 is 0 Å². The Kier molecular flexibility index (Phi) is 14.5. The highest BCUT2D eigenvalue weighted by Crippen LogP contribution is 2.17. The van der Waals surface area contributed by atoms with Crippen LogP contribution in [0.2, 0.25) is 0 Å². The lowest BCUT2D eigenvalue weighted by Gasteiger charge is -2.05. The van der Waals surface area contributed by atoms with Crippen LogP contribution in [0.15, 0.2) is 0 Å². The van der Waals surface area contributed by atoms with Crippen LogP contribution in [-0.4, -0.2) is 58.5 Å². The molecule has 0 aromatic carbocycles. The zero-order valence-electron chi connectivity index (χ0n) is 9.01. The van der Waals surface area contributed by atoms with Gasteiger partial charge in [0.25, 0.3) is 6.29 Å². The average Bonchev–Trinajstić information content (AvgIpc) is 2.16. The van der Waals surface area contributed by atoms with Gasteiger partial charge in [-0.25, -0.2) is 0 Å². The number of alkyl halides is 9. The zero-order valence-corrected chi connectivity index (χ0v) is 9.01. The van der Waals surface area contributed by atoms with Gasteiger partial charge in [-0.05, 0) is 0 Å². The van der Waals surface area contributed by atoms with E-state index in [1.54, 1.807) is 0 Å². The van der Waals surface area contributed by atoms with Crippen LogP contribution in [0.3, 0.4) is 0 Å². The van der Waals surface area contributed by atoms with Crippen molar-refractivity contribution in [1.82, 2.24) is 0 Å². The predicted octanol–water partition coefficient (Wildman–Crippen LogP) is 0.323. The van der Waals surface area contributed by atoms with E-state index < -0.39 is 37.7 Å². The molecular formula is C6H9F9O5. The molecule has 126 valence electrons. The van der Waals surface area contributed by atoms with E-state index in [2.05, 4.69) is 0 Å². The summed E-state index contributed by atoms with van der Waals surface area (Å²) < 4.78 is 94.9. The van der Waals surface area contributed by atoms with Gasteiger partial charge in [0.2, 0.25) is 6.29 Å². The maximum Gasteiger partial charge on any atom is 0.446 e. The normalized spacial score (nSPS) is 11.4. The Morgan fingerprint density at radius 1 is 0.900 bits per heavy atom. The molecule has 0 amide bonds. The first-order chi connectivity index (χ1) is 8.06. The lowest BCUT2D eigenvalue weighted by atomic mass is 10.6. The minimum Gasteiger partial charge on any atom is -0.412 e. The molecule has 0 spiro atoms. The van der Waals surface area contributed by atoms with Crippen molar-refractivity contribution in [3.05, 3.63) is 0 Å². The Balaban J connectivity index is -0.0000000941. The molecule has 0 radical (unpaired) electrons. The number of carbonyl (C=O) groups excluding carboxylic acids is 1. The molecule has 0 saturated heterocycles. The number of rotatable bonds is 0. The zero-order chi connectivity index (χ0) is 16.5. The Hall–Kier alpha value is -1.12. The molecular weight excluding hydrogens is 323 g/mol. The third-order valence-electron chi connectivity index (χ3n) is 0.606. The molecule has 0 aliphatic heterocycles. The summed E-state index contributed by atoms with van der Waals surface area (Å²) in [6, 6.07) is 0. The second kappa shape index (κ2) is 10.6. The fourth-order valence-electron chi connectivity index (χ4n) is 0. The molecule has 14 heteroatoms. The van der Waals surface area contributed by atoms with Crippen LogP contribution < -0.4 is 0 Å². The molecule has 0 bridgehead atoms. The quantitative estimate of drug-likeness (QED) is 0.337. The van der Waals surface area contributed by atoms with Gasteiger partial charge in [-0.1, -0.05) is 0 Å². The maximum absolute atomic E-state index is 10.7. The first kappa shape index (κ1) is 27.3. The summed E-state index contributed by atoms with van der Waals surface area (Å²) >= 11 is 0. The predicted molar refractivity (Wildman–Crippen MR) is 43.2 cm³/mol. The molecule has 0 atom stereocenters. The third-order valence-corrected chi connectivity index (χ3v) is 0.606. The largest absolute Gasteiger partial charge is 0.446 e. The van der Waals surface area contributed by atoms with Crippen LogP contribution in [-0.2, 0) is 4.79 Å². The van der Waals surface area contributed by atoms with Gasteiger partial charge in [-0.3, -0.25) is 4.79 Å². The highest BCUT2D eigenvalue weighted by atomic mass is 19.4. The van der Waals surface area contributed by atoms with Gasteiger partial charge in [0.15, 0.2) is 0 Å². The van der Waals surface area contributed by atoms with E-state index in [0.29, 0.717) is 0 Å². The van der Waals surface area contributed by atoms with Gasteiger partial charge in [-0.2, -0.15) is 39.5 Å². The van der Waals surface area contributed by atoms with Crippen molar-refractivity contribution in [2.75, 3.05) is 6.61 Å². The Bertz CT molecular complexity index is 230. The molecule has 0 heterocycles. The van der Waals surface area contributed by atoms with Crippen molar-refractivity contribution in [2.45, 2.75) is 24.8 Å². The number of halogens is 9. The molecule has 0 aromatic rings. The summed E-state index contributed by atoms with van der Waals surface area (Å²) in [7, 11) is 0. The van der Waals surface area contributed by atoms with Gasteiger partial charge in [0, 0.05) is 0 Å². The molecule has 0 aliphatic rings. The van der Waals surface area contributed by atoms with E-state index in [4.69, 9.17) is 20.1 Å². The van der Waals surface area contributed by atoms with Crippen LogP contribution in [0.25, 0.3) is 0 Å². The van der Waals surface area contributed by atoms with Gasteiger partial charge < -0.3 is 20.8 Å². The van der Waals surface area contributed by atoms with Crippen LogP contribution in [0.4, 0.5) is 39.5 Å². The molecule has 0 unspecified atom stereocenters. The molecule has 0 rings (SSSR count). The van der Waals surface area contributed by atoms with Gasteiger partial charge in [0.1, 0.15) is 6.61 Å². The number of aliphatic hydroxyl groups excluding tert-OH is 2. The summed E-state index contributed by atoms with van der Waals surface area (Å²) in [6.07, 6.45) is -18.2. The summed E-state index contributed by atoms with van der Waals surface area (Å²) in [6.45, 7) is -1.73. The average molecular weight is 332 g/mol. The van der Waals surface area contributed by atoms with Crippen molar-refractivity contribution in [3.63, 3.8) is 0 Å². The van der Waals surface area contributed by atoms with Crippen LogP contribution >= 0.6 is 0 Å². The van der Waals surface area contributed by atoms with Crippen LogP contribution in [0, 0.1) is 0 Å². The minimum atomic E-state index is -4.89. The SMILES string of the molecule is O.O=CC(F)(F)F.OC(O)C(F)(F)F.OCC(F)(F)F. The van der Waals surface area contributed by atoms with Gasteiger partial charge in [0.05, 0.1) is 0 Å². The van der Waals surface area contributed by atoms with E-state index in [1.165, 1.54) is 0 Å². The van der Waals surface area contributed by atoms with Crippen molar-refractivity contribution < 1.29 is 65.1 Å². The first-order valence-electron chi connectivity index (χ1n) is 3.70. The molecule has 0 aromatic heterocycles. The summed E-state index contributed by atoms with van der Waals surface area (Å²) in [5, 5.41) is 21.9. The van der Waals surface area contributed by atoms with Crippen LogP contribution in [0.5, 0.6) is 0 Å². The minimum absolute atomic E-state index is 0. The van der Waals surface area contributed by atoms with E-state index in [0.717, 1.165) is 0 Å². The standard InChI is InChI=1S/C2H3F3O2.C2H3F3O.C2HF3O.H2O/c3-2(4,5)1(6)7;2*3-2(4,5)1-6;/h1,6-7H;6H,1H2;1H;1H2. The van der Waals surface area contributed by atoms with Crippen molar-refractivity contribution >= 4 is 6.29 Å². The lowest BCUT2D eigenvalue weighted by Crippen LogP contribution is -2.27. The Morgan fingerprint density at radius 2 is 1.05 bits per heavy atom. The third kappa shape index (κ3) is 36.0. The van der Waals surface area contributed by atoms with Crippen molar-refractivity contribution in [1.29, 1.82) is 0 Å². The number of hydrogen-bond acceptors (Lipinski definition) is 4. The van der Waals surface area contributed by atoms with E-state index in [-0.39, 0.29) is 5.48 Å². The highest BCUT2D eigenvalue weighted by Gasteiger charge is 2.36. The monoisotopic (exact) mass is 332 g/mol. The summed E-state index contributed by atoms with van der Waals surface area (Å²) in [5.74, 6) is 0. The highest BCUT2D eigenvalue weighted by molar-refractivity contribution is 5.56. The maximum atomic E-state index is 10.7. The van der Waals surface area contributed by atoms with Crippen molar-refractivity contribution in [3.8, 4) is 0 Å². The van der Waals surface area contributed by atoms with Gasteiger partial charge in [-0.15, -0.1) is 0 Å². The lowest BCUT2D eigenvalue weighted by molar-refractivity contribution is -0.275. The second-order valence-electron chi connectivity index (χ2n) is 2.35. The molecule has 0 saturated carbocycles. The van der Waals surface area contributed by atoms with Crippen LogP contribution in [0.1, 0.15) is 0 Å². The molecule has 5 N–H and O–H groups in total. The number of hydrogen-bond donors (Lipinski definition) is 3. The number of aliphatic hydroxyl groups is 3. The number of carbonyl (C=O) groups is 1. The second-order valence-corrected chi connectivity index (χ2v) is 2.35. The number of aldehydes is 1. The Labute approximate surface area is 104 Å². The van der Waals surface area contributed by atoms with Crippen molar-refractivity contribution in [2.24, 2.45) is 0 Å². The first-order valence-corrected chi connectivity index (χ1v) is 3.70.